The molecule has 150 valence electrons. The summed E-state index contributed by atoms with van der Waals surface area (Å²) in [6.45, 7) is 13.7. The monoisotopic (exact) mass is 366 g/mol. The van der Waals surface area contributed by atoms with E-state index in [2.05, 4.69) is 37.2 Å². The van der Waals surface area contributed by atoms with E-state index in [9.17, 15) is 4.79 Å². The molecule has 0 radical (unpaired) electrons. The van der Waals surface area contributed by atoms with Gasteiger partial charge in [-0.1, -0.05) is 13.3 Å². The van der Waals surface area contributed by atoms with Crippen molar-refractivity contribution in [2.45, 2.75) is 52.1 Å². The minimum Gasteiger partial charge on any atom is -0.355 e. The van der Waals surface area contributed by atoms with Crippen LogP contribution < -0.4 is 10.6 Å². The third-order valence-electron chi connectivity index (χ3n) is 5.35. The van der Waals surface area contributed by atoms with E-state index in [-0.39, 0.29) is 11.9 Å². The van der Waals surface area contributed by atoms with Gasteiger partial charge in [0, 0.05) is 51.9 Å². The van der Waals surface area contributed by atoms with Gasteiger partial charge in [-0.25, -0.2) is 0 Å². The molecule has 1 atom stereocenters. The van der Waals surface area contributed by atoms with Gasteiger partial charge in [-0.15, -0.1) is 0 Å². The first-order valence-electron chi connectivity index (χ1n) is 10.2. The number of nitrogens with one attached hydrogen (secondary N) is 2. The first-order valence-corrected chi connectivity index (χ1v) is 10.2. The van der Waals surface area contributed by atoms with E-state index in [4.69, 9.17) is 0 Å². The number of carbonyl (C=O) groups is 1. The van der Waals surface area contributed by atoms with Crippen molar-refractivity contribution in [3.8, 4) is 0 Å². The van der Waals surface area contributed by atoms with Gasteiger partial charge < -0.3 is 15.5 Å². The molecule has 0 spiro atoms. The van der Waals surface area contributed by atoms with E-state index < -0.39 is 0 Å². The van der Waals surface area contributed by atoms with E-state index in [0.29, 0.717) is 12.6 Å². The third-order valence-corrected chi connectivity index (χ3v) is 5.35. The number of amides is 1. The Labute approximate surface area is 159 Å². The highest BCUT2D eigenvalue weighted by Crippen LogP contribution is 2.15. The molecular weight excluding hydrogens is 328 g/mol. The molecule has 26 heavy (non-hydrogen) atoms. The fraction of sp³-hybridized carbons (Fsp3) is 0.895. The fourth-order valence-electron chi connectivity index (χ4n) is 3.94. The zero-order valence-electron chi connectivity index (χ0n) is 17.1. The molecule has 2 N–H and O–H groups in total. The number of hydrogen-bond acceptors (Lipinski definition) is 4. The summed E-state index contributed by atoms with van der Waals surface area (Å²) in [6, 6.07) is 0.820. The summed E-state index contributed by atoms with van der Waals surface area (Å²) in [6.07, 6.45) is 3.93. The predicted octanol–water partition coefficient (Wildman–Crippen LogP) is 0.578. The highest BCUT2D eigenvalue weighted by molar-refractivity contribution is 5.80. The van der Waals surface area contributed by atoms with Crippen molar-refractivity contribution in [1.82, 2.24) is 25.3 Å². The summed E-state index contributed by atoms with van der Waals surface area (Å²) in [5, 5.41) is 6.56. The van der Waals surface area contributed by atoms with Gasteiger partial charge in [-0.2, -0.15) is 0 Å². The number of likely N-dealkylation sites (N-methyl/N-ethyl adjacent to an activating group) is 1. The van der Waals surface area contributed by atoms with Gasteiger partial charge in [0.1, 0.15) is 0 Å². The van der Waals surface area contributed by atoms with Gasteiger partial charge in [-0.05, 0) is 39.8 Å². The Morgan fingerprint density at radius 1 is 1.15 bits per heavy atom. The summed E-state index contributed by atoms with van der Waals surface area (Å²) in [7, 11) is 1.86. The van der Waals surface area contributed by atoms with Crippen molar-refractivity contribution in [3.63, 3.8) is 0 Å². The second-order valence-corrected chi connectivity index (χ2v) is 7.69. The molecule has 7 nitrogen and oxygen atoms in total. The van der Waals surface area contributed by atoms with Gasteiger partial charge in [0.15, 0.2) is 5.96 Å². The zero-order chi connectivity index (χ0) is 18.9. The molecule has 0 aliphatic carbocycles. The van der Waals surface area contributed by atoms with Crippen LogP contribution in [0.15, 0.2) is 4.99 Å². The molecule has 2 heterocycles. The number of piperazine rings is 1. The van der Waals surface area contributed by atoms with Gasteiger partial charge >= 0.3 is 0 Å². The summed E-state index contributed by atoms with van der Waals surface area (Å²) in [4.78, 5) is 23.5. The van der Waals surface area contributed by atoms with Crippen LogP contribution in [0, 0.1) is 0 Å². The number of carbonyl (C=O) groups excluding carboxylic acids is 1. The quantitative estimate of drug-likeness (QED) is 0.532. The topological polar surface area (TPSA) is 63.2 Å². The van der Waals surface area contributed by atoms with Crippen LogP contribution in [0.2, 0.25) is 0 Å². The number of nitrogens with zero attached hydrogens (tertiary/aromatic N) is 4. The molecule has 2 fully saturated rings. The summed E-state index contributed by atoms with van der Waals surface area (Å²) >= 11 is 0. The fourth-order valence-corrected chi connectivity index (χ4v) is 3.94. The lowest BCUT2D eigenvalue weighted by atomic mass is 10.0. The normalized spacial score (nSPS) is 23.3. The molecule has 0 aromatic carbocycles. The molecule has 0 saturated carbocycles. The largest absolute Gasteiger partial charge is 0.355 e. The standard InChI is InChI=1S/C19H38N6O/c1-5-24-9-7-6-8-17(24)14-21-19(20-4)25-12-10-23(11-13-25)15-18(26)22-16(2)3/h16-17H,5-15H2,1-4H3,(H,20,21)(H,22,26). The van der Waals surface area contributed by atoms with Gasteiger partial charge in [-0.3, -0.25) is 19.6 Å². The lowest BCUT2D eigenvalue weighted by Crippen LogP contribution is -2.56. The second-order valence-electron chi connectivity index (χ2n) is 7.69. The van der Waals surface area contributed by atoms with Crippen LogP contribution in [0.5, 0.6) is 0 Å². The first kappa shape index (κ1) is 21.0. The van der Waals surface area contributed by atoms with E-state index in [1.54, 1.807) is 0 Å². The maximum absolute atomic E-state index is 11.9. The Kier molecular flexibility index (Phi) is 8.65. The van der Waals surface area contributed by atoms with Crippen LogP contribution in [-0.2, 0) is 4.79 Å². The molecule has 2 aliphatic rings. The maximum Gasteiger partial charge on any atom is 0.234 e. The first-order chi connectivity index (χ1) is 12.5. The predicted molar refractivity (Wildman–Crippen MR) is 108 cm³/mol. The van der Waals surface area contributed by atoms with E-state index in [1.165, 1.54) is 25.8 Å². The number of aliphatic imine (C=N–C) groups is 1. The molecule has 2 aliphatic heterocycles. The van der Waals surface area contributed by atoms with Gasteiger partial charge in [0.2, 0.25) is 5.91 Å². The maximum atomic E-state index is 11.9. The number of guanidine groups is 1. The van der Waals surface area contributed by atoms with Crippen LogP contribution in [-0.4, -0.2) is 98.1 Å². The molecule has 0 aromatic heterocycles. The van der Waals surface area contributed by atoms with Crippen molar-refractivity contribution in [3.05, 3.63) is 0 Å². The van der Waals surface area contributed by atoms with E-state index in [0.717, 1.165) is 45.2 Å². The lowest BCUT2D eigenvalue weighted by Gasteiger charge is -2.38. The lowest BCUT2D eigenvalue weighted by molar-refractivity contribution is -0.123. The number of rotatable bonds is 6. The van der Waals surface area contributed by atoms with Crippen molar-refractivity contribution in [2.24, 2.45) is 4.99 Å². The third kappa shape index (κ3) is 6.43. The molecule has 0 bridgehead atoms. The molecule has 1 unspecified atom stereocenters. The SMILES string of the molecule is CCN1CCCCC1CNC(=NC)N1CCN(CC(=O)NC(C)C)CC1. The second kappa shape index (κ2) is 10.7. The van der Waals surface area contributed by atoms with Crippen molar-refractivity contribution in [2.75, 3.05) is 59.4 Å². The highest BCUT2D eigenvalue weighted by atomic mass is 16.2. The Hall–Kier alpha value is -1.34. The molecule has 2 rings (SSSR count). The summed E-state index contributed by atoms with van der Waals surface area (Å²) < 4.78 is 0. The number of hydrogen-bond donors (Lipinski definition) is 2. The van der Waals surface area contributed by atoms with Crippen LogP contribution in [0.3, 0.4) is 0 Å². The Bertz CT molecular complexity index is 459. The molecule has 2 saturated heterocycles. The number of piperidine rings is 1. The van der Waals surface area contributed by atoms with Crippen molar-refractivity contribution in [1.29, 1.82) is 0 Å². The van der Waals surface area contributed by atoms with Gasteiger partial charge in [0.05, 0.1) is 6.54 Å². The van der Waals surface area contributed by atoms with Gasteiger partial charge in [0.25, 0.3) is 0 Å². The smallest absolute Gasteiger partial charge is 0.234 e. The molecule has 0 aromatic rings. The average molecular weight is 367 g/mol. The molecule has 1 amide bonds. The number of likely N-dealkylation sites (tertiary alicyclic amines) is 1. The molecular formula is C19H38N6O. The van der Waals surface area contributed by atoms with E-state index >= 15 is 0 Å². The van der Waals surface area contributed by atoms with Crippen LogP contribution >= 0.6 is 0 Å². The Balaban J connectivity index is 1.75. The van der Waals surface area contributed by atoms with Crippen LogP contribution in [0.1, 0.15) is 40.0 Å². The average Bonchev–Trinajstić information content (AvgIpc) is 2.63. The Morgan fingerprint density at radius 2 is 1.88 bits per heavy atom. The van der Waals surface area contributed by atoms with Crippen molar-refractivity contribution < 1.29 is 4.79 Å². The molecule has 7 heteroatoms. The van der Waals surface area contributed by atoms with Crippen LogP contribution in [0.25, 0.3) is 0 Å². The van der Waals surface area contributed by atoms with Crippen molar-refractivity contribution >= 4 is 11.9 Å². The van der Waals surface area contributed by atoms with E-state index in [1.807, 2.05) is 20.9 Å². The summed E-state index contributed by atoms with van der Waals surface area (Å²) in [5.41, 5.74) is 0. The Morgan fingerprint density at radius 3 is 2.50 bits per heavy atom. The van der Waals surface area contributed by atoms with Crippen LogP contribution in [0.4, 0.5) is 0 Å². The minimum absolute atomic E-state index is 0.118. The zero-order valence-corrected chi connectivity index (χ0v) is 17.1. The highest BCUT2D eigenvalue weighted by Gasteiger charge is 2.24. The minimum atomic E-state index is 0.118. The summed E-state index contributed by atoms with van der Waals surface area (Å²) in [5.74, 6) is 1.12.